The van der Waals surface area contributed by atoms with E-state index < -0.39 is 0 Å². The van der Waals surface area contributed by atoms with E-state index in [0.29, 0.717) is 10.7 Å². The molecule has 3 nitrogen and oxygen atoms in total. The number of benzene rings is 1. The highest BCUT2D eigenvalue weighted by Crippen LogP contribution is 2.10. The average Bonchev–Trinajstić information content (AvgIpc) is 2.90. The number of thiophene rings is 1. The zero-order valence-electron chi connectivity index (χ0n) is 9.51. The standard InChI is InChI=1S/C13H11N3S2/c14-8-10-3-5-11(6-4-10)16-13(17)15-9-12-2-1-7-18-12/h1-7H,9H2,(H2,15,16,17). The predicted molar refractivity (Wildman–Crippen MR) is 78.5 cm³/mol. The highest BCUT2D eigenvalue weighted by molar-refractivity contribution is 7.80. The van der Waals surface area contributed by atoms with Gasteiger partial charge in [-0.3, -0.25) is 0 Å². The average molecular weight is 273 g/mol. The molecular formula is C13H11N3S2. The second-order valence-corrected chi connectivity index (χ2v) is 5.02. The van der Waals surface area contributed by atoms with E-state index in [-0.39, 0.29) is 0 Å². The van der Waals surface area contributed by atoms with Crippen LogP contribution >= 0.6 is 23.6 Å². The number of thiocarbonyl (C=S) groups is 1. The molecule has 0 aliphatic heterocycles. The van der Waals surface area contributed by atoms with E-state index in [0.717, 1.165) is 12.2 Å². The zero-order chi connectivity index (χ0) is 12.8. The first-order valence-electron chi connectivity index (χ1n) is 5.35. The number of nitrogens with zero attached hydrogens (tertiary/aromatic N) is 1. The van der Waals surface area contributed by atoms with Gasteiger partial charge >= 0.3 is 0 Å². The lowest BCUT2D eigenvalue weighted by atomic mass is 10.2. The molecule has 0 bridgehead atoms. The van der Waals surface area contributed by atoms with E-state index in [9.17, 15) is 0 Å². The number of rotatable bonds is 3. The van der Waals surface area contributed by atoms with Gasteiger partial charge < -0.3 is 10.6 Å². The van der Waals surface area contributed by atoms with Crippen LogP contribution in [0.25, 0.3) is 0 Å². The molecule has 5 heteroatoms. The summed E-state index contributed by atoms with van der Waals surface area (Å²) in [4.78, 5) is 1.24. The molecule has 0 aliphatic rings. The van der Waals surface area contributed by atoms with Crippen LogP contribution in [-0.4, -0.2) is 5.11 Å². The van der Waals surface area contributed by atoms with Crippen LogP contribution < -0.4 is 10.6 Å². The molecule has 0 saturated carbocycles. The van der Waals surface area contributed by atoms with Gasteiger partial charge in [-0.05, 0) is 47.9 Å². The van der Waals surface area contributed by atoms with Crippen molar-refractivity contribution in [2.75, 3.05) is 5.32 Å². The summed E-state index contributed by atoms with van der Waals surface area (Å²) in [7, 11) is 0. The van der Waals surface area contributed by atoms with Crippen molar-refractivity contribution in [3.8, 4) is 6.07 Å². The van der Waals surface area contributed by atoms with Gasteiger partial charge in [0, 0.05) is 10.6 Å². The lowest BCUT2D eigenvalue weighted by molar-refractivity contribution is 0.946. The van der Waals surface area contributed by atoms with Gasteiger partial charge in [0.15, 0.2) is 5.11 Å². The topological polar surface area (TPSA) is 47.9 Å². The van der Waals surface area contributed by atoms with Gasteiger partial charge in [0.25, 0.3) is 0 Å². The third-order valence-electron chi connectivity index (χ3n) is 2.28. The van der Waals surface area contributed by atoms with Gasteiger partial charge in [-0.15, -0.1) is 11.3 Å². The van der Waals surface area contributed by atoms with Crippen molar-refractivity contribution in [2.24, 2.45) is 0 Å². The second kappa shape index (κ2) is 6.15. The van der Waals surface area contributed by atoms with E-state index in [2.05, 4.69) is 22.8 Å². The molecule has 0 amide bonds. The minimum Gasteiger partial charge on any atom is -0.358 e. The Morgan fingerprint density at radius 3 is 2.67 bits per heavy atom. The highest BCUT2D eigenvalue weighted by Gasteiger charge is 1.99. The van der Waals surface area contributed by atoms with Crippen molar-refractivity contribution in [2.45, 2.75) is 6.54 Å². The molecule has 2 aromatic rings. The molecule has 2 N–H and O–H groups in total. The van der Waals surface area contributed by atoms with Crippen LogP contribution in [0.2, 0.25) is 0 Å². The van der Waals surface area contributed by atoms with Gasteiger partial charge in [-0.25, -0.2) is 0 Å². The molecule has 1 aromatic carbocycles. The van der Waals surface area contributed by atoms with E-state index >= 15 is 0 Å². The Kier molecular flexibility index (Phi) is 4.29. The Hall–Kier alpha value is -1.90. The lowest BCUT2D eigenvalue weighted by Crippen LogP contribution is -2.27. The normalized spacial score (nSPS) is 9.50. The molecule has 18 heavy (non-hydrogen) atoms. The fraction of sp³-hybridized carbons (Fsp3) is 0.0769. The van der Waals surface area contributed by atoms with Crippen molar-refractivity contribution in [1.29, 1.82) is 5.26 Å². The SMILES string of the molecule is N#Cc1ccc(NC(=S)NCc2cccs2)cc1. The van der Waals surface area contributed by atoms with Crippen molar-refractivity contribution < 1.29 is 0 Å². The van der Waals surface area contributed by atoms with Crippen molar-refractivity contribution in [3.05, 3.63) is 52.2 Å². The second-order valence-electron chi connectivity index (χ2n) is 3.58. The van der Waals surface area contributed by atoms with Crippen LogP contribution in [-0.2, 0) is 6.54 Å². The molecule has 0 radical (unpaired) electrons. The molecule has 0 unspecified atom stereocenters. The summed E-state index contributed by atoms with van der Waals surface area (Å²) < 4.78 is 0. The molecule has 1 aromatic heterocycles. The molecule has 0 spiro atoms. The minimum atomic E-state index is 0.577. The molecule has 0 aliphatic carbocycles. The Morgan fingerprint density at radius 1 is 1.28 bits per heavy atom. The summed E-state index contributed by atoms with van der Waals surface area (Å²) in [5.74, 6) is 0. The number of nitriles is 1. The Bertz CT molecular complexity index is 553. The maximum Gasteiger partial charge on any atom is 0.171 e. The first kappa shape index (κ1) is 12.6. The first-order valence-corrected chi connectivity index (χ1v) is 6.64. The summed E-state index contributed by atoms with van der Waals surface area (Å²) in [6.07, 6.45) is 0. The minimum absolute atomic E-state index is 0.577. The molecule has 90 valence electrons. The van der Waals surface area contributed by atoms with Crippen LogP contribution in [0.4, 0.5) is 5.69 Å². The number of anilines is 1. The summed E-state index contributed by atoms with van der Waals surface area (Å²) in [5, 5.41) is 17.5. The Labute approximate surface area is 115 Å². The monoisotopic (exact) mass is 273 g/mol. The van der Waals surface area contributed by atoms with Gasteiger partial charge in [-0.1, -0.05) is 6.07 Å². The first-order chi connectivity index (χ1) is 8.78. The smallest absolute Gasteiger partial charge is 0.171 e. The Balaban J connectivity index is 1.85. The maximum atomic E-state index is 8.69. The van der Waals surface area contributed by atoms with Gasteiger partial charge in [0.05, 0.1) is 18.2 Å². The molecular weight excluding hydrogens is 262 g/mol. The van der Waals surface area contributed by atoms with E-state index in [1.807, 2.05) is 23.6 Å². The summed E-state index contributed by atoms with van der Waals surface area (Å²) in [6.45, 7) is 0.722. The molecule has 1 heterocycles. The third kappa shape index (κ3) is 3.55. The number of hydrogen-bond donors (Lipinski definition) is 2. The zero-order valence-corrected chi connectivity index (χ0v) is 11.1. The van der Waals surface area contributed by atoms with Gasteiger partial charge in [-0.2, -0.15) is 5.26 Å². The fourth-order valence-corrected chi connectivity index (χ4v) is 2.22. The predicted octanol–water partition coefficient (Wildman–Crippen LogP) is 3.11. The van der Waals surface area contributed by atoms with Gasteiger partial charge in [0.2, 0.25) is 0 Å². The van der Waals surface area contributed by atoms with Crippen LogP contribution in [0, 0.1) is 11.3 Å². The van der Waals surface area contributed by atoms with E-state index in [1.54, 1.807) is 23.5 Å². The summed E-state index contributed by atoms with van der Waals surface area (Å²) in [6, 6.07) is 13.3. The quantitative estimate of drug-likeness (QED) is 0.844. The van der Waals surface area contributed by atoms with Crippen molar-refractivity contribution in [3.63, 3.8) is 0 Å². The van der Waals surface area contributed by atoms with Crippen molar-refractivity contribution >= 4 is 34.4 Å². The van der Waals surface area contributed by atoms with Crippen LogP contribution in [0.5, 0.6) is 0 Å². The fourth-order valence-electron chi connectivity index (χ4n) is 1.38. The molecule has 0 atom stereocenters. The summed E-state index contributed by atoms with van der Waals surface area (Å²) >= 11 is 6.88. The lowest BCUT2D eigenvalue weighted by Gasteiger charge is -2.09. The number of hydrogen-bond acceptors (Lipinski definition) is 3. The molecule has 0 fully saturated rings. The molecule has 2 rings (SSSR count). The highest BCUT2D eigenvalue weighted by atomic mass is 32.1. The largest absolute Gasteiger partial charge is 0.358 e. The third-order valence-corrected chi connectivity index (χ3v) is 3.40. The van der Waals surface area contributed by atoms with E-state index in [1.165, 1.54) is 4.88 Å². The summed E-state index contributed by atoms with van der Waals surface area (Å²) in [5.41, 5.74) is 1.51. The van der Waals surface area contributed by atoms with Crippen LogP contribution in [0.15, 0.2) is 41.8 Å². The number of nitrogens with one attached hydrogen (secondary N) is 2. The van der Waals surface area contributed by atoms with Crippen molar-refractivity contribution in [1.82, 2.24) is 5.32 Å². The van der Waals surface area contributed by atoms with Gasteiger partial charge in [0.1, 0.15) is 0 Å². The molecule has 0 saturated heterocycles. The van der Waals surface area contributed by atoms with Crippen LogP contribution in [0.3, 0.4) is 0 Å². The Morgan fingerprint density at radius 2 is 2.06 bits per heavy atom. The van der Waals surface area contributed by atoms with E-state index in [4.69, 9.17) is 17.5 Å². The maximum absolute atomic E-state index is 8.69. The van der Waals surface area contributed by atoms with Crippen LogP contribution in [0.1, 0.15) is 10.4 Å².